The first kappa shape index (κ1) is 25.2. The van der Waals surface area contributed by atoms with Crippen LogP contribution < -0.4 is 5.32 Å². The summed E-state index contributed by atoms with van der Waals surface area (Å²) in [6.45, 7) is 6.88. The van der Waals surface area contributed by atoms with Gasteiger partial charge in [0.15, 0.2) is 0 Å². The van der Waals surface area contributed by atoms with Gasteiger partial charge in [0.1, 0.15) is 9.81 Å². The topological polar surface area (TPSA) is 96.0 Å². The summed E-state index contributed by atoms with van der Waals surface area (Å²) >= 11 is 1.14. The van der Waals surface area contributed by atoms with Crippen LogP contribution in [0.3, 0.4) is 0 Å². The molecule has 1 aromatic carbocycles. The standard InChI is InChI=1S/C23H31N3O5S2/c1-23(2,3)31-22(28)25(4)16-17-8-7-9-18(14-17)24-20(27)15-19-10-11-21(32-19)33(29,30)26-12-5-6-13-26/h7-11,14H,5-6,12-13,15-16H2,1-4H3,(H,24,27). The number of ether oxygens (including phenoxy) is 1. The Bertz CT molecular complexity index is 1100. The number of hydrogen-bond donors (Lipinski definition) is 1. The highest BCUT2D eigenvalue weighted by atomic mass is 32.2. The van der Waals surface area contributed by atoms with E-state index in [9.17, 15) is 18.0 Å². The molecule has 0 radical (unpaired) electrons. The summed E-state index contributed by atoms with van der Waals surface area (Å²) < 4.78 is 32.5. The molecular weight excluding hydrogens is 462 g/mol. The Labute approximate surface area is 199 Å². The lowest BCUT2D eigenvalue weighted by Crippen LogP contribution is -2.33. The van der Waals surface area contributed by atoms with E-state index in [1.165, 1.54) is 9.21 Å². The van der Waals surface area contributed by atoms with Gasteiger partial charge in [0, 0.05) is 37.2 Å². The summed E-state index contributed by atoms with van der Waals surface area (Å²) in [5, 5.41) is 2.85. The number of carbonyl (C=O) groups excluding carboxylic acids is 2. The number of amides is 2. The molecule has 0 unspecified atom stereocenters. The van der Waals surface area contributed by atoms with Crippen molar-refractivity contribution in [1.82, 2.24) is 9.21 Å². The summed E-state index contributed by atoms with van der Waals surface area (Å²) in [5.74, 6) is -0.236. The van der Waals surface area contributed by atoms with Crippen LogP contribution in [0.5, 0.6) is 0 Å². The molecule has 2 amide bonds. The Hall–Kier alpha value is -2.43. The Morgan fingerprint density at radius 1 is 1.15 bits per heavy atom. The highest BCUT2D eigenvalue weighted by molar-refractivity contribution is 7.91. The van der Waals surface area contributed by atoms with Crippen LogP contribution >= 0.6 is 11.3 Å². The molecule has 1 aromatic heterocycles. The molecule has 2 aromatic rings. The second-order valence-electron chi connectivity index (χ2n) is 9.09. The van der Waals surface area contributed by atoms with Crippen LogP contribution in [0, 0.1) is 0 Å². The maximum atomic E-state index is 12.7. The maximum Gasteiger partial charge on any atom is 0.410 e. The molecular formula is C23H31N3O5S2. The van der Waals surface area contributed by atoms with Crippen LogP contribution in [0.25, 0.3) is 0 Å². The first-order valence-electron chi connectivity index (χ1n) is 10.9. The predicted octanol–water partition coefficient (Wildman–Crippen LogP) is 4.08. The van der Waals surface area contributed by atoms with Crippen molar-refractivity contribution in [2.45, 2.75) is 56.4 Å². The second kappa shape index (κ2) is 10.2. The zero-order valence-electron chi connectivity index (χ0n) is 19.5. The third kappa shape index (κ3) is 7.02. The average molecular weight is 494 g/mol. The highest BCUT2D eigenvalue weighted by Gasteiger charge is 2.28. The molecule has 8 nitrogen and oxygen atoms in total. The maximum absolute atomic E-state index is 12.7. The van der Waals surface area contributed by atoms with Crippen LogP contribution in [0.4, 0.5) is 10.5 Å². The number of carbonyl (C=O) groups is 2. The predicted molar refractivity (Wildman–Crippen MR) is 129 cm³/mol. The van der Waals surface area contributed by atoms with Gasteiger partial charge in [-0.1, -0.05) is 12.1 Å². The molecule has 0 bridgehead atoms. The van der Waals surface area contributed by atoms with Crippen LogP contribution in [0.15, 0.2) is 40.6 Å². The largest absolute Gasteiger partial charge is 0.444 e. The number of anilines is 1. The fourth-order valence-corrected chi connectivity index (χ4v) is 6.46. The van der Waals surface area contributed by atoms with Crippen molar-refractivity contribution >= 4 is 39.0 Å². The van der Waals surface area contributed by atoms with Crippen molar-refractivity contribution < 1.29 is 22.7 Å². The van der Waals surface area contributed by atoms with E-state index in [4.69, 9.17) is 4.74 Å². The molecule has 180 valence electrons. The molecule has 3 rings (SSSR count). The molecule has 10 heteroatoms. The van der Waals surface area contributed by atoms with E-state index in [1.54, 1.807) is 37.4 Å². The lowest BCUT2D eigenvalue weighted by atomic mass is 10.2. The lowest BCUT2D eigenvalue weighted by molar-refractivity contribution is -0.115. The van der Waals surface area contributed by atoms with Gasteiger partial charge in [-0.15, -0.1) is 11.3 Å². The molecule has 0 atom stereocenters. The van der Waals surface area contributed by atoms with Gasteiger partial charge in [0.2, 0.25) is 5.91 Å². The fourth-order valence-electron chi connectivity index (χ4n) is 3.44. The van der Waals surface area contributed by atoms with E-state index >= 15 is 0 Å². The van der Waals surface area contributed by atoms with Gasteiger partial charge in [-0.25, -0.2) is 13.2 Å². The third-order valence-electron chi connectivity index (χ3n) is 4.97. The quantitative estimate of drug-likeness (QED) is 0.627. The summed E-state index contributed by atoms with van der Waals surface area (Å²) in [4.78, 5) is 26.9. The number of hydrogen-bond acceptors (Lipinski definition) is 6. The van der Waals surface area contributed by atoms with Gasteiger partial charge in [-0.3, -0.25) is 4.79 Å². The fraction of sp³-hybridized carbons (Fsp3) is 0.478. The number of sulfonamides is 1. The first-order chi connectivity index (χ1) is 15.4. The van der Waals surface area contributed by atoms with Gasteiger partial charge in [-0.2, -0.15) is 4.31 Å². The summed E-state index contributed by atoms with van der Waals surface area (Å²) in [5.41, 5.74) is 0.879. The smallest absolute Gasteiger partial charge is 0.410 e. The molecule has 2 heterocycles. The zero-order valence-corrected chi connectivity index (χ0v) is 21.1. The van der Waals surface area contributed by atoms with Gasteiger partial charge in [0.25, 0.3) is 10.0 Å². The minimum absolute atomic E-state index is 0.0855. The minimum atomic E-state index is -3.47. The van der Waals surface area contributed by atoms with Crippen molar-refractivity contribution in [1.29, 1.82) is 0 Å². The molecule has 0 aliphatic carbocycles. The lowest BCUT2D eigenvalue weighted by Gasteiger charge is -2.24. The molecule has 1 aliphatic heterocycles. The first-order valence-corrected chi connectivity index (χ1v) is 13.1. The van der Waals surface area contributed by atoms with Crippen LogP contribution in [0.2, 0.25) is 0 Å². The Kier molecular flexibility index (Phi) is 7.81. The van der Waals surface area contributed by atoms with E-state index in [1.807, 2.05) is 26.8 Å². The Morgan fingerprint density at radius 3 is 2.52 bits per heavy atom. The normalized spacial score (nSPS) is 14.8. The van der Waals surface area contributed by atoms with Crippen LogP contribution in [0.1, 0.15) is 44.1 Å². The summed E-state index contributed by atoms with van der Waals surface area (Å²) in [6.07, 6.45) is 1.43. The molecule has 1 saturated heterocycles. The zero-order chi connectivity index (χ0) is 24.2. The molecule has 33 heavy (non-hydrogen) atoms. The second-order valence-corrected chi connectivity index (χ2v) is 12.4. The molecule has 1 N–H and O–H groups in total. The van der Waals surface area contributed by atoms with Crippen LogP contribution in [-0.4, -0.2) is 55.4 Å². The van der Waals surface area contributed by atoms with Gasteiger partial charge >= 0.3 is 6.09 Å². The highest BCUT2D eigenvalue weighted by Crippen LogP contribution is 2.28. The number of thiophene rings is 1. The Morgan fingerprint density at radius 2 is 1.85 bits per heavy atom. The third-order valence-corrected chi connectivity index (χ3v) is 8.42. The van der Waals surface area contributed by atoms with Crippen molar-refractivity contribution in [3.8, 4) is 0 Å². The monoisotopic (exact) mass is 493 g/mol. The van der Waals surface area contributed by atoms with E-state index in [2.05, 4.69) is 5.32 Å². The molecule has 1 fully saturated rings. The SMILES string of the molecule is CN(Cc1cccc(NC(=O)Cc2ccc(S(=O)(=O)N3CCCC3)s2)c1)C(=O)OC(C)(C)C. The summed E-state index contributed by atoms with van der Waals surface area (Å²) in [7, 11) is -1.81. The van der Waals surface area contributed by atoms with Crippen molar-refractivity contribution in [3.63, 3.8) is 0 Å². The van der Waals surface area contributed by atoms with Gasteiger partial charge < -0.3 is 15.0 Å². The van der Waals surface area contributed by atoms with E-state index in [0.717, 1.165) is 29.7 Å². The number of nitrogens with one attached hydrogen (secondary N) is 1. The van der Waals surface area contributed by atoms with E-state index in [0.29, 0.717) is 30.2 Å². The number of benzene rings is 1. The number of rotatable bonds is 7. The molecule has 0 spiro atoms. The molecule has 1 aliphatic rings. The Balaban J connectivity index is 1.58. The van der Waals surface area contributed by atoms with Crippen LogP contribution in [-0.2, 0) is 32.5 Å². The van der Waals surface area contributed by atoms with E-state index in [-0.39, 0.29) is 16.5 Å². The van der Waals surface area contributed by atoms with Crippen molar-refractivity contribution in [3.05, 3.63) is 46.8 Å². The minimum Gasteiger partial charge on any atom is -0.444 e. The number of nitrogens with zero attached hydrogens (tertiary/aromatic N) is 2. The summed E-state index contributed by atoms with van der Waals surface area (Å²) in [6, 6.07) is 10.5. The van der Waals surface area contributed by atoms with Crippen molar-refractivity contribution in [2.24, 2.45) is 0 Å². The molecule has 0 saturated carbocycles. The average Bonchev–Trinajstić information content (AvgIpc) is 3.39. The van der Waals surface area contributed by atoms with Gasteiger partial charge in [0.05, 0.1) is 6.42 Å². The van der Waals surface area contributed by atoms with Gasteiger partial charge in [-0.05, 0) is 63.4 Å². The van der Waals surface area contributed by atoms with E-state index < -0.39 is 21.7 Å². The van der Waals surface area contributed by atoms with Crippen molar-refractivity contribution in [2.75, 3.05) is 25.5 Å².